The first-order valence-electron chi connectivity index (χ1n) is 6.63. The lowest BCUT2D eigenvalue weighted by atomic mass is 10.2. The van der Waals surface area contributed by atoms with Crippen LogP contribution in [0.15, 0.2) is 22.9 Å². The van der Waals surface area contributed by atoms with Gasteiger partial charge in [0, 0.05) is 31.9 Å². The Morgan fingerprint density at radius 1 is 1.38 bits per heavy atom. The highest BCUT2D eigenvalue weighted by atomic mass is 16.5. The zero-order valence-corrected chi connectivity index (χ0v) is 11.6. The molecule has 0 unspecified atom stereocenters. The number of hydrogen-bond donors (Lipinski definition) is 1. The molecular formula is C13H15N5O3. The fraction of sp³-hybridized carbons (Fsp3) is 0.385. The van der Waals surface area contributed by atoms with E-state index in [1.807, 2.05) is 6.07 Å². The molecule has 1 saturated heterocycles. The molecule has 21 heavy (non-hydrogen) atoms. The van der Waals surface area contributed by atoms with Gasteiger partial charge in [0.1, 0.15) is 5.82 Å². The Bertz CT molecular complexity index is 636. The molecule has 0 aliphatic carbocycles. The Hall–Kier alpha value is -2.48. The van der Waals surface area contributed by atoms with Crippen LogP contribution in [0.1, 0.15) is 10.7 Å². The molecule has 8 heteroatoms. The van der Waals surface area contributed by atoms with Crippen molar-refractivity contribution in [3.8, 4) is 11.4 Å². The molecule has 3 rings (SSSR count). The molecule has 3 heterocycles. The molecule has 0 spiro atoms. The number of anilines is 1. The van der Waals surface area contributed by atoms with Crippen LogP contribution in [-0.2, 0) is 4.74 Å². The molecule has 2 aromatic rings. The van der Waals surface area contributed by atoms with E-state index >= 15 is 0 Å². The van der Waals surface area contributed by atoms with E-state index in [0.717, 1.165) is 24.5 Å². The molecule has 8 nitrogen and oxygen atoms in total. The molecule has 0 saturated carbocycles. The average Bonchev–Trinajstić information content (AvgIpc) is 3.05. The van der Waals surface area contributed by atoms with E-state index in [-0.39, 0.29) is 5.89 Å². The fourth-order valence-electron chi connectivity index (χ4n) is 2.06. The van der Waals surface area contributed by atoms with Gasteiger partial charge in [-0.15, -0.1) is 0 Å². The minimum atomic E-state index is -0.406. The summed E-state index contributed by atoms with van der Waals surface area (Å²) in [7, 11) is 1.51. The zero-order valence-electron chi connectivity index (χ0n) is 11.6. The maximum atomic E-state index is 11.4. The van der Waals surface area contributed by atoms with Crippen LogP contribution in [0.25, 0.3) is 11.4 Å². The van der Waals surface area contributed by atoms with E-state index < -0.39 is 5.91 Å². The molecule has 1 fully saturated rings. The minimum absolute atomic E-state index is 0.0581. The molecule has 0 radical (unpaired) electrons. The molecule has 1 amide bonds. The summed E-state index contributed by atoms with van der Waals surface area (Å²) < 4.78 is 10.3. The first-order valence-corrected chi connectivity index (χ1v) is 6.63. The van der Waals surface area contributed by atoms with Crippen molar-refractivity contribution in [1.29, 1.82) is 0 Å². The topological polar surface area (TPSA) is 93.4 Å². The standard InChI is InChI=1S/C13H15N5O3/c1-14-12(19)13-16-11(17-21-13)9-2-3-15-10(8-9)18-4-6-20-7-5-18/h2-3,8H,4-7H2,1H3,(H,14,19). The molecule has 110 valence electrons. The van der Waals surface area contributed by atoms with Crippen molar-refractivity contribution in [3.05, 3.63) is 24.2 Å². The number of carbonyl (C=O) groups excluding carboxylic acids is 1. The largest absolute Gasteiger partial charge is 0.378 e. The van der Waals surface area contributed by atoms with E-state index in [2.05, 4.69) is 25.3 Å². The average molecular weight is 289 g/mol. The van der Waals surface area contributed by atoms with E-state index in [1.165, 1.54) is 7.05 Å². The van der Waals surface area contributed by atoms with Gasteiger partial charge in [-0.25, -0.2) is 4.98 Å². The van der Waals surface area contributed by atoms with Crippen LogP contribution < -0.4 is 10.2 Å². The van der Waals surface area contributed by atoms with Gasteiger partial charge < -0.3 is 19.5 Å². The van der Waals surface area contributed by atoms with Gasteiger partial charge >= 0.3 is 11.8 Å². The van der Waals surface area contributed by atoms with E-state index in [9.17, 15) is 4.79 Å². The number of nitrogens with zero attached hydrogens (tertiary/aromatic N) is 4. The van der Waals surface area contributed by atoms with E-state index in [1.54, 1.807) is 12.3 Å². The van der Waals surface area contributed by atoms with Crippen molar-refractivity contribution >= 4 is 11.7 Å². The van der Waals surface area contributed by atoms with Crippen molar-refractivity contribution in [2.45, 2.75) is 0 Å². The van der Waals surface area contributed by atoms with Crippen LogP contribution in [0.3, 0.4) is 0 Å². The number of pyridine rings is 1. The minimum Gasteiger partial charge on any atom is -0.378 e. The fourth-order valence-corrected chi connectivity index (χ4v) is 2.06. The Labute approximate surface area is 121 Å². The maximum absolute atomic E-state index is 11.4. The number of amides is 1. The number of carbonyl (C=O) groups is 1. The van der Waals surface area contributed by atoms with Crippen LogP contribution in [0, 0.1) is 0 Å². The lowest BCUT2D eigenvalue weighted by Crippen LogP contribution is -2.36. The van der Waals surface area contributed by atoms with Crippen molar-refractivity contribution in [3.63, 3.8) is 0 Å². The maximum Gasteiger partial charge on any atom is 0.316 e. The molecule has 0 atom stereocenters. The van der Waals surface area contributed by atoms with E-state index in [4.69, 9.17) is 9.26 Å². The normalized spacial score (nSPS) is 15.0. The molecule has 1 aliphatic heterocycles. The van der Waals surface area contributed by atoms with Gasteiger partial charge in [-0.3, -0.25) is 4.79 Å². The monoisotopic (exact) mass is 289 g/mol. The molecule has 1 aliphatic rings. The first-order chi connectivity index (χ1) is 10.3. The smallest absolute Gasteiger partial charge is 0.316 e. The second-order valence-electron chi connectivity index (χ2n) is 4.50. The Morgan fingerprint density at radius 2 is 2.19 bits per heavy atom. The predicted octanol–water partition coefficient (Wildman–Crippen LogP) is 0.328. The molecular weight excluding hydrogens is 274 g/mol. The predicted molar refractivity (Wildman–Crippen MR) is 74.0 cm³/mol. The number of aromatic nitrogens is 3. The highest BCUT2D eigenvalue weighted by molar-refractivity contribution is 5.89. The van der Waals surface area contributed by atoms with Gasteiger partial charge in [0.05, 0.1) is 13.2 Å². The number of rotatable bonds is 3. The van der Waals surface area contributed by atoms with Crippen LogP contribution >= 0.6 is 0 Å². The Morgan fingerprint density at radius 3 is 2.95 bits per heavy atom. The van der Waals surface area contributed by atoms with Crippen molar-refractivity contribution in [2.24, 2.45) is 0 Å². The number of hydrogen-bond acceptors (Lipinski definition) is 7. The molecule has 0 aromatic carbocycles. The summed E-state index contributed by atoms with van der Waals surface area (Å²) in [6.07, 6.45) is 1.69. The van der Waals surface area contributed by atoms with Crippen molar-refractivity contribution in [1.82, 2.24) is 20.4 Å². The Balaban J connectivity index is 1.85. The summed E-state index contributed by atoms with van der Waals surface area (Å²) in [5.41, 5.74) is 0.755. The lowest BCUT2D eigenvalue weighted by molar-refractivity contribution is 0.0919. The number of nitrogens with one attached hydrogen (secondary N) is 1. The zero-order chi connectivity index (χ0) is 14.7. The van der Waals surface area contributed by atoms with Crippen LogP contribution in [0.4, 0.5) is 5.82 Å². The van der Waals surface area contributed by atoms with Gasteiger partial charge in [0.15, 0.2) is 0 Å². The molecule has 1 N–H and O–H groups in total. The van der Waals surface area contributed by atoms with Crippen molar-refractivity contribution < 1.29 is 14.1 Å². The second kappa shape index (κ2) is 5.88. The first kappa shape index (κ1) is 13.5. The second-order valence-corrected chi connectivity index (χ2v) is 4.50. The third-order valence-corrected chi connectivity index (χ3v) is 3.19. The van der Waals surface area contributed by atoms with Crippen LogP contribution in [-0.4, -0.2) is 54.4 Å². The van der Waals surface area contributed by atoms with Gasteiger partial charge in [0.2, 0.25) is 5.82 Å². The van der Waals surface area contributed by atoms with Crippen LogP contribution in [0.5, 0.6) is 0 Å². The summed E-state index contributed by atoms with van der Waals surface area (Å²) in [4.78, 5) is 22.0. The summed E-state index contributed by atoms with van der Waals surface area (Å²) >= 11 is 0. The number of ether oxygens (including phenoxy) is 1. The third kappa shape index (κ3) is 2.84. The summed E-state index contributed by atoms with van der Waals surface area (Å²) in [5, 5.41) is 6.26. The van der Waals surface area contributed by atoms with Gasteiger partial charge in [-0.2, -0.15) is 4.98 Å². The quantitative estimate of drug-likeness (QED) is 0.870. The highest BCUT2D eigenvalue weighted by Gasteiger charge is 2.17. The Kier molecular flexibility index (Phi) is 3.78. The summed E-state index contributed by atoms with van der Waals surface area (Å²) in [5.74, 6) is 0.737. The molecule has 0 bridgehead atoms. The van der Waals surface area contributed by atoms with Crippen LogP contribution in [0.2, 0.25) is 0 Å². The summed E-state index contributed by atoms with van der Waals surface area (Å²) in [6.45, 7) is 2.97. The van der Waals surface area contributed by atoms with Crippen molar-refractivity contribution in [2.75, 3.05) is 38.3 Å². The highest BCUT2D eigenvalue weighted by Crippen LogP contribution is 2.21. The van der Waals surface area contributed by atoms with Gasteiger partial charge in [-0.05, 0) is 12.1 Å². The lowest BCUT2D eigenvalue weighted by Gasteiger charge is -2.27. The summed E-state index contributed by atoms with van der Waals surface area (Å²) in [6, 6.07) is 3.66. The third-order valence-electron chi connectivity index (χ3n) is 3.19. The van der Waals surface area contributed by atoms with E-state index in [0.29, 0.717) is 19.0 Å². The van der Waals surface area contributed by atoms with Gasteiger partial charge in [-0.1, -0.05) is 5.16 Å². The molecule has 2 aromatic heterocycles. The van der Waals surface area contributed by atoms with Gasteiger partial charge in [0.25, 0.3) is 0 Å². The SMILES string of the molecule is CNC(=O)c1nc(-c2ccnc(N3CCOCC3)c2)no1. The number of morpholine rings is 1.